The third-order valence-electron chi connectivity index (χ3n) is 5.11. The molecule has 2 aromatic rings. The van der Waals surface area contributed by atoms with E-state index in [2.05, 4.69) is 62.1 Å². The van der Waals surface area contributed by atoms with Gasteiger partial charge in [-0.2, -0.15) is 6.42 Å². The first-order chi connectivity index (χ1) is 13.1. The van der Waals surface area contributed by atoms with Gasteiger partial charge in [-0.3, -0.25) is 0 Å². The van der Waals surface area contributed by atoms with E-state index in [9.17, 15) is 0 Å². The van der Waals surface area contributed by atoms with Gasteiger partial charge in [-0.15, -0.1) is 6.58 Å². The van der Waals surface area contributed by atoms with Crippen molar-refractivity contribution in [3.63, 3.8) is 0 Å². The van der Waals surface area contributed by atoms with E-state index in [1.54, 1.807) is 0 Å². The summed E-state index contributed by atoms with van der Waals surface area (Å²) in [6.45, 7) is 10.4. The van der Waals surface area contributed by atoms with Crippen LogP contribution >= 0.6 is 0 Å². The second-order valence-electron chi connectivity index (χ2n) is 7.51. The Balaban J connectivity index is 0.000000584. The summed E-state index contributed by atoms with van der Waals surface area (Å²) in [6.07, 6.45) is 10.1. The summed E-state index contributed by atoms with van der Waals surface area (Å²) in [5, 5.41) is 3.59. The first-order valence-corrected chi connectivity index (χ1v) is 10.2. The molecule has 3 N–H and O–H groups in total. The van der Waals surface area contributed by atoms with E-state index in [0.29, 0.717) is 0 Å². The molecule has 0 amide bonds. The Morgan fingerprint density at radius 1 is 1.25 bits per heavy atom. The molecule has 0 fully saturated rings. The fraction of sp³-hybridized carbons (Fsp3) is 0.400. The second-order valence-corrected chi connectivity index (χ2v) is 7.51. The van der Waals surface area contributed by atoms with Gasteiger partial charge >= 0.3 is 0 Å². The van der Waals surface area contributed by atoms with Crippen LogP contribution in [0.4, 0.5) is 11.4 Å². The maximum atomic E-state index is 5.88. The Hall–Kier alpha value is -3.22. The van der Waals surface area contributed by atoms with Crippen molar-refractivity contribution >= 4 is 11.4 Å². The number of nitrogens with one attached hydrogen (secondary N) is 1. The smallest absolute Gasteiger partial charge is 0.0393 e. The normalized spacial score (nSPS) is 15.0. The van der Waals surface area contributed by atoms with Gasteiger partial charge < -0.3 is 18.0 Å². The number of allylic oxidation sites excluding steroid dienone is 1. The van der Waals surface area contributed by atoms with Crippen LogP contribution in [-0.2, 0) is 12.8 Å². The average Bonchev–Trinajstić information content (AvgIpc) is 2.85. The monoisotopic (exact) mass is 606 g/mol. The molecule has 1 aliphatic heterocycles. The van der Waals surface area contributed by atoms with E-state index in [1.807, 2.05) is 12.1 Å². The van der Waals surface area contributed by atoms with Gasteiger partial charge in [-0.1, -0.05) is 48.4 Å². The molecule has 3 rings (SSSR count). The van der Waals surface area contributed by atoms with Gasteiger partial charge in [0.25, 0.3) is 0 Å². The molecule has 0 spiro atoms. The van der Waals surface area contributed by atoms with Crippen LogP contribution in [0.15, 0.2) is 55.1 Å². The zero-order valence-electron chi connectivity index (χ0n) is 17.2. The minimum atomic E-state index is 0. The molecule has 1 atom stereocenters. The maximum absolute atomic E-state index is 5.88. The maximum Gasteiger partial charge on any atom is 0.0393 e. The van der Waals surface area contributed by atoms with Gasteiger partial charge in [0.15, 0.2) is 0 Å². The Bertz CT molecular complexity index is 711. The van der Waals surface area contributed by atoms with Crippen molar-refractivity contribution in [1.29, 1.82) is 0 Å². The first-order valence-electron chi connectivity index (χ1n) is 10.2. The van der Waals surface area contributed by atoms with Crippen LogP contribution in [0.5, 0.6) is 0 Å². The van der Waals surface area contributed by atoms with E-state index in [1.165, 1.54) is 48.1 Å². The molecule has 2 aromatic carbocycles. The van der Waals surface area contributed by atoms with E-state index >= 15 is 0 Å². The number of hydrogen-bond donors (Lipinski definition) is 2. The van der Waals surface area contributed by atoms with Crippen LogP contribution in [0.1, 0.15) is 48.8 Å². The fourth-order valence-electron chi connectivity index (χ4n) is 3.55. The van der Waals surface area contributed by atoms with Crippen LogP contribution in [0, 0.1) is 19.8 Å². The Morgan fingerprint density at radius 2 is 2.07 bits per heavy atom. The summed E-state index contributed by atoms with van der Waals surface area (Å²) in [5.74, 6) is 0.762. The van der Waals surface area contributed by atoms with Crippen molar-refractivity contribution in [2.75, 3.05) is 17.6 Å². The molecule has 0 bridgehead atoms. The SMILES string of the molecule is C=CCC[CH2-].Cc1cccc(CCCC2CCc3ccc(N)cc3NC2)c1.[Cm]. The summed E-state index contributed by atoms with van der Waals surface area (Å²) in [6, 6.07) is 15.2. The minimum absolute atomic E-state index is 0. The quantitative estimate of drug-likeness (QED) is 0.227. The zero-order chi connectivity index (χ0) is 19.5. The van der Waals surface area contributed by atoms with Crippen LogP contribution in [0.2, 0.25) is 0 Å². The number of hydrogen-bond acceptors (Lipinski definition) is 2. The van der Waals surface area contributed by atoms with Crippen molar-refractivity contribution in [1.82, 2.24) is 0 Å². The fourth-order valence-corrected chi connectivity index (χ4v) is 3.55. The van der Waals surface area contributed by atoms with Gasteiger partial charge in [0.1, 0.15) is 0 Å². The Kier molecular flexibility index (Phi) is 9.96. The molecule has 154 valence electrons. The number of unbranched alkanes of at least 4 members (excludes halogenated alkanes) is 1. The third kappa shape index (κ3) is 7.57. The molecule has 0 aliphatic carbocycles. The van der Waals surface area contributed by atoms with E-state index in [0.717, 1.165) is 37.4 Å². The predicted octanol–water partition coefficient (Wildman–Crippen LogP) is 6.36. The van der Waals surface area contributed by atoms with Crippen LogP contribution in [-0.4, -0.2) is 6.54 Å². The molecule has 1 heterocycles. The standard InChI is InChI=1S/C20H26N2.C5H9.Cm/c1-15-4-2-5-16(12-15)6-3-7-17-8-9-18-10-11-19(21)13-20(18)22-14-17;1-3-5-4-2;/h2,4-5,10-13,17,22H,3,6-9,14,21H2,1H3;3H,1-2,4-5H2;/q;-1;. The summed E-state index contributed by atoms with van der Waals surface area (Å²) in [7, 11) is 0. The Morgan fingerprint density at radius 3 is 2.75 bits per heavy atom. The van der Waals surface area contributed by atoms with Crippen molar-refractivity contribution in [2.24, 2.45) is 5.92 Å². The van der Waals surface area contributed by atoms with Gasteiger partial charge in [-0.25, -0.2) is 0 Å². The van der Waals surface area contributed by atoms with E-state index in [-0.39, 0.29) is 0 Å². The first kappa shape index (κ1) is 22.8. The number of rotatable bonds is 6. The number of aryl methyl sites for hydroxylation is 3. The second kappa shape index (κ2) is 12.2. The molecular weight excluding hydrogens is 575 g/mol. The molecule has 1 aliphatic rings. The van der Waals surface area contributed by atoms with Gasteiger partial charge in [0.05, 0.1) is 0 Å². The number of nitrogen functional groups attached to an aromatic ring is 1. The van der Waals surface area contributed by atoms with Crippen LogP contribution < -0.4 is 11.1 Å². The summed E-state index contributed by atoms with van der Waals surface area (Å²) >= 11 is 0. The van der Waals surface area contributed by atoms with Gasteiger partial charge in [-0.05, 0) is 68.2 Å². The Labute approximate surface area is 165 Å². The molecule has 0 saturated carbocycles. The number of benzene rings is 2. The van der Waals surface area contributed by atoms with E-state index < -0.39 is 0 Å². The summed E-state index contributed by atoms with van der Waals surface area (Å²) in [4.78, 5) is 0. The van der Waals surface area contributed by atoms with Crippen molar-refractivity contribution in [2.45, 2.75) is 51.9 Å². The molecule has 0 aromatic heterocycles. The van der Waals surface area contributed by atoms with Crippen molar-refractivity contribution < 1.29 is 0 Å². The molecule has 3 heteroatoms. The van der Waals surface area contributed by atoms with Gasteiger partial charge in [0.2, 0.25) is 0 Å². The van der Waals surface area contributed by atoms with Crippen LogP contribution in [0.25, 0.3) is 0 Å². The summed E-state index contributed by atoms with van der Waals surface area (Å²) < 4.78 is 0. The van der Waals surface area contributed by atoms with Gasteiger partial charge in [0, 0.05) is 17.9 Å². The molecule has 2 nitrogen and oxygen atoms in total. The van der Waals surface area contributed by atoms with E-state index in [4.69, 9.17) is 5.73 Å². The van der Waals surface area contributed by atoms with Crippen molar-refractivity contribution in [3.8, 4) is 0 Å². The third-order valence-corrected chi connectivity index (χ3v) is 5.11. The number of nitrogens with two attached hydrogens (primary N) is 1. The topological polar surface area (TPSA) is 38.0 Å². The largest absolute Gasteiger partial charge is 0.399 e. The predicted molar refractivity (Wildman–Crippen MR) is 120 cm³/mol. The minimum Gasteiger partial charge on any atom is -0.399 e. The molecule has 0 saturated heterocycles. The van der Waals surface area contributed by atoms with Crippen LogP contribution in [0.3, 0.4) is 0 Å². The molecule has 0 radical (unpaired) electrons. The molecule has 1 unspecified atom stereocenters. The summed E-state index contributed by atoms with van der Waals surface area (Å²) in [5.41, 5.74) is 12.2. The number of fused-ring (bicyclic) bond motifs is 1. The molecule has 28 heavy (non-hydrogen) atoms. The number of anilines is 2. The zero-order valence-corrected chi connectivity index (χ0v) is 20.1. The average molecular weight is 611 g/mol. The van der Waals surface area contributed by atoms with Crippen molar-refractivity contribution in [3.05, 3.63) is 78.7 Å². The molecular formula is C25H35CmN2-.